The molecule has 0 radical (unpaired) electrons. The van der Waals surface area contributed by atoms with Crippen molar-refractivity contribution >= 4 is 23.0 Å². The SMILES string of the molecule is COCOc1ccc(/C=C/CC(=O)n2nnc3ccccc32)cc1OC. The van der Waals surface area contributed by atoms with Gasteiger partial charge in [0.15, 0.2) is 18.3 Å². The second kappa shape index (κ2) is 8.26. The first-order valence-electron chi connectivity index (χ1n) is 8.03. The summed E-state index contributed by atoms with van der Waals surface area (Å²) >= 11 is 0. The van der Waals surface area contributed by atoms with Crippen LogP contribution in [0.2, 0.25) is 0 Å². The number of aromatic nitrogens is 3. The zero-order valence-corrected chi connectivity index (χ0v) is 14.6. The molecule has 0 spiro atoms. The van der Waals surface area contributed by atoms with Crippen molar-refractivity contribution in [2.75, 3.05) is 21.0 Å². The van der Waals surface area contributed by atoms with E-state index in [-0.39, 0.29) is 19.1 Å². The number of hydrogen-bond donors (Lipinski definition) is 0. The molecule has 0 aliphatic carbocycles. The number of ether oxygens (including phenoxy) is 3. The lowest BCUT2D eigenvalue weighted by Crippen LogP contribution is -2.10. The first-order valence-corrected chi connectivity index (χ1v) is 8.03. The average molecular weight is 353 g/mol. The minimum absolute atomic E-state index is 0.145. The van der Waals surface area contributed by atoms with E-state index in [4.69, 9.17) is 14.2 Å². The van der Waals surface area contributed by atoms with Gasteiger partial charge in [-0.1, -0.05) is 35.6 Å². The number of allylic oxidation sites excluding steroid dienone is 1. The third kappa shape index (κ3) is 3.89. The fourth-order valence-corrected chi connectivity index (χ4v) is 2.46. The minimum atomic E-state index is -0.151. The van der Waals surface area contributed by atoms with E-state index >= 15 is 0 Å². The molecule has 0 atom stereocenters. The van der Waals surface area contributed by atoms with Gasteiger partial charge in [0.25, 0.3) is 5.91 Å². The maximum absolute atomic E-state index is 12.4. The van der Waals surface area contributed by atoms with Gasteiger partial charge >= 0.3 is 0 Å². The largest absolute Gasteiger partial charge is 0.493 e. The van der Waals surface area contributed by atoms with Crippen molar-refractivity contribution in [3.63, 3.8) is 0 Å². The Morgan fingerprint density at radius 3 is 2.81 bits per heavy atom. The maximum atomic E-state index is 12.4. The summed E-state index contributed by atoms with van der Waals surface area (Å²) in [6.45, 7) is 0.145. The molecule has 0 saturated heterocycles. The molecule has 1 aromatic heterocycles. The van der Waals surface area contributed by atoms with E-state index in [1.54, 1.807) is 26.4 Å². The third-order valence-corrected chi connectivity index (χ3v) is 3.71. The zero-order chi connectivity index (χ0) is 18.4. The predicted molar refractivity (Wildman–Crippen MR) is 97.3 cm³/mol. The molecule has 0 fully saturated rings. The van der Waals surface area contributed by atoms with Gasteiger partial charge < -0.3 is 14.2 Å². The van der Waals surface area contributed by atoms with Crippen LogP contribution in [0.4, 0.5) is 0 Å². The molecule has 3 aromatic rings. The fraction of sp³-hybridized carbons (Fsp3) is 0.211. The number of fused-ring (bicyclic) bond motifs is 1. The van der Waals surface area contributed by atoms with Gasteiger partial charge in [-0.15, -0.1) is 5.10 Å². The normalized spacial score (nSPS) is 11.2. The second-order valence-electron chi connectivity index (χ2n) is 5.45. The number of hydrogen-bond acceptors (Lipinski definition) is 6. The summed E-state index contributed by atoms with van der Waals surface area (Å²) in [6.07, 6.45) is 3.83. The highest BCUT2D eigenvalue weighted by Crippen LogP contribution is 2.28. The van der Waals surface area contributed by atoms with Crippen LogP contribution in [0.1, 0.15) is 16.8 Å². The van der Waals surface area contributed by atoms with Crippen LogP contribution in [0.15, 0.2) is 48.5 Å². The smallest absolute Gasteiger partial charge is 0.252 e. The molecule has 2 aromatic carbocycles. The Bertz CT molecular complexity index is 933. The van der Waals surface area contributed by atoms with Crippen LogP contribution in [0, 0.1) is 0 Å². The van der Waals surface area contributed by atoms with Gasteiger partial charge in [0.1, 0.15) is 5.52 Å². The van der Waals surface area contributed by atoms with Gasteiger partial charge in [-0.2, -0.15) is 4.68 Å². The van der Waals surface area contributed by atoms with Gasteiger partial charge in [0.05, 0.1) is 12.6 Å². The highest BCUT2D eigenvalue weighted by atomic mass is 16.7. The molecule has 3 rings (SSSR count). The molecule has 7 heteroatoms. The lowest BCUT2D eigenvalue weighted by atomic mass is 10.1. The Morgan fingerprint density at radius 2 is 2.00 bits per heavy atom. The third-order valence-electron chi connectivity index (χ3n) is 3.71. The van der Waals surface area contributed by atoms with Crippen LogP contribution in [0.5, 0.6) is 11.5 Å². The van der Waals surface area contributed by atoms with Crippen molar-refractivity contribution < 1.29 is 19.0 Å². The highest BCUT2D eigenvalue weighted by Gasteiger charge is 2.10. The van der Waals surface area contributed by atoms with Crippen molar-refractivity contribution in [2.45, 2.75) is 6.42 Å². The van der Waals surface area contributed by atoms with Gasteiger partial charge in [-0.25, -0.2) is 0 Å². The lowest BCUT2D eigenvalue weighted by molar-refractivity contribution is 0.0491. The van der Waals surface area contributed by atoms with Crippen molar-refractivity contribution in [2.24, 2.45) is 0 Å². The molecule has 1 heterocycles. The fourth-order valence-electron chi connectivity index (χ4n) is 2.46. The second-order valence-corrected chi connectivity index (χ2v) is 5.45. The van der Waals surface area contributed by atoms with E-state index in [9.17, 15) is 4.79 Å². The van der Waals surface area contributed by atoms with Crippen LogP contribution in [0.25, 0.3) is 17.1 Å². The van der Waals surface area contributed by atoms with E-state index < -0.39 is 0 Å². The molecular formula is C19H19N3O4. The van der Waals surface area contributed by atoms with Crippen molar-refractivity contribution in [3.8, 4) is 11.5 Å². The molecule has 0 saturated carbocycles. The average Bonchev–Trinajstić information content (AvgIpc) is 3.11. The molecule has 134 valence electrons. The van der Waals surface area contributed by atoms with E-state index in [1.165, 1.54) is 4.68 Å². The summed E-state index contributed by atoms with van der Waals surface area (Å²) in [7, 11) is 3.13. The summed E-state index contributed by atoms with van der Waals surface area (Å²) in [5.41, 5.74) is 2.29. The number of benzene rings is 2. The first-order chi connectivity index (χ1) is 12.7. The van der Waals surface area contributed by atoms with Crippen molar-refractivity contribution in [3.05, 3.63) is 54.1 Å². The molecule has 7 nitrogen and oxygen atoms in total. The van der Waals surface area contributed by atoms with Gasteiger partial charge in [0.2, 0.25) is 0 Å². The van der Waals surface area contributed by atoms with Crippen LogP contribution < -0.4 is 9.47 Å². The van der Waals surface area contributed by atoms with Gasteiger partial charge in [-0.3, -0.25) is 4.79 Å². The number of nitrogens with zero attached hydrogens (tertiary/aromatic N) is 3. The molecule has 0 N–H and O–H groups in total. The predicted octanol–water partition coefficient (Wildman–Crippen LogP) is 3.17. The highest BCUT2D eigenvalue weighted by molar-refractivity contribution is 5.89. The first kappa shape index (κ1) is 17.6. The quantitative estimate of drug-likeness (QED) is 0.607. The Labute approximate surface area is 150 Å². The molecule has 0 bridgehead atoms. The topological polar surface area (TPSA) is 75.5 Å². The number of carbonyl (C=O) groups is 1. The molecule has 26 heavy (non-hydrogen) atoms. The summed E-state index contributed by atoms with van der Waals surface area (Å²) in [6, 6.07) is 12.9. The maximum Gasteiger partial charge on any atom is 0.252 e. The molecule has 0 amide bonds. The Morgan fingerprint density at radius 1 is 1.15 bits per heavy atom. The monoisotopic (exact) mass is 353 g/mol. The van der Waals surface area contributed by atoms with Crippen LogP contribution in [-0.2, 0) is 4.74 Å². The minimum Gasteiger partial charge on any atom is -0.493 e. The van der Waals surface area contributed by atoms with Gasteiger partial charge in [0, 0.05) is 13.5 Å². The van der Waals surface area contributed by atoms with Crippen LogP contribution >= 0.6 is 0 Å². The lowest BCUT2D eigenvalue weighted by Gasteiger charge is -2.10. The zero-order valence-electron chi connectivity index (χ0n) is 14.6. The molecular weight excluding hydrogens is 334 g/mol. The summed E-state index contributed by atoms with van der Waals surface area (Å²) in [5, 5.41) is 7.91. The molecule has 0 unspecified atom stereocenters. The molecule has 0 aliphatic heterocycles. The van der Waals surface area contributed by atoms with Crippen LogP contribution in [-0.4, -0.2) is 41.9 Å². The number of methoxy groups -OCH3 is 2. The standard InChI is InChI=1S/C19H19N3O4/c1-24-13-26-17-11-10-14(12-18(17)25-2)6-5-9-19(23)22-16-8-4-3-7-15(16)20-21-22/h3-8,10-12H,9,13H2,1-2H3/b6-5+. The Balaban J connectivity index is 1.69. The number of carbonyl (C=O) groups excluding carboxylic acids is 1. The van der Waals surface area contributed by atoms with E-state index in [0.29, 0.717) is 22.5 Å². The summed E-state index contributed by atoms with van der Waals surface area (Å²) in [4.78, 5) is 12.4. The summed E-state index contributed by atoms with van der Waals surface area (Å²) in [5.74, 6) is 1.04. The van der Waals surface area contributed by atoms with E-state index in [1.807, 2.05) is 42.5 Å². The Kier molecular flexibility index (Phi) is 5.60. The van der Waals surface area contributed by atoms with Crippen molar-refractivity contribution in [1.82, 2.24) is 15.0 Å². The van der Waals surface area contributed by atoms with Gasteiger partial charge in [-0.05, 0) is 29.8 Å². The Hall–Kier alpha value is -3.19. The van der Waals surface area contributed by atoms with Crippen LogP contribution in [0.3, 0.4) is 0 Å². The number of para-hydroxylation sites is 1. The number of rotatable bonds is 7. The van der Waals surface area contributed by atoms with E-state index in [0.717, 1.165) is 5.56 Å². The summed E-state index contributed by atoms with van der Waals surface area (Å²) < 4.78 is 16.9. The van der Waals surface area contributed by atoms with E-state index in [2.05, 4.69) is 10.3 Å². The molecule has 0 aliphatic rings. The van der Waals surface area contributed by atoms with Crippen molar-refractivity contribution in [1.29, 1.82) is 0 Å².